The maximum atomic E-state index is 11.1. The second-order valence-electron chi connectivity index (χ2n) is 3.23. The smallest absolute Gasteiger partial charge is 0.323 e. The van der Waals surface area contributed by atoms with Gasteiger partial charge in [0, 0.05) is 19.2 Å². The molecule has 1 aromatic heterocycles. The summed E-state index contributed by atoms with van der Waals surface area (Å²) in [5, 5.41) is 4.16. The number of esters is 1. The average Bonchev–Trinajstić information content (AvgIpc) is 2.44. The zero-order valence-corrected chi connectivity index (χ0v) is 8.65. The Morgan fingerprint density at radius 3 is 2.86 bits per heavy atom. The van der Waals surface area contributed by atoms with E-state index in [2.05, 4.69) is 9.84 Å². The molecule has 5 heteroatoms. The van der Waals surface area contributed by atoms with Gasteiger partial charge < -0.3 is 10.5 Å². The maximum absolute atomic E-state index is 11.1. The summed E-state index contributed by atoms with van der Waals surface area (Å²) < 4.78 is 6.26. The Balaban J connectivity index is 2.69. The van der Waals surface area contributed by atoms with E-state index in [1.807, 2.05) is 20.0 Å². The molecule has 1 aromatic rings. The monoisotopic (exact) mass is 197 g/mol. The zero-order valence-electron chi connectivity index (χ0n) is 8.65. The summed E-state index contributed by atoms with van der Waals surface area (Å²) in [5.41, 5.74) is 7.47. The van der Waals surface area contributed by atoms with Crippen molar-refractivity contribution in [2.75, 3.05) is 7.11 Å². The van der Waals surface area contributed by atoms with Gasteiger partial charge >= 0.3 is 5.97 Å². The van der Waals surface area contributed by atoms with Gasteiger partial charge in [-0.05, 0) is 13.0 Å². The number of aryl methyl sites for hydroxylation is 2. The second-order valence-corrected chi connectivity index (χ2v) is 3.23. The maximum Gasteiger partial charge on any atom is 0.323 e. The number of hydrogen-bond donors (Lipinski definition) is 1. The number of carbonyl (C=O) groups is 1. The predicted octanol–water partition coefficient (Wildman–Crippen LogP) is -0.229. The number of ether oxygens (including phenoxy) is 1. The minimum absolute atomic E-state index is 0.399. The van der Waals surface area contributed by atoms with Crippen LogP contribution in [-0.2, 0) is 23.0 Å². The minimum atomic E-state index is -0.616. The van der Waals surface area contributed by atoms with Crippen LogP contribution in [-0.4, -0.2) is 28.9 Å². The number of nitrogens with zero attached hydrogens (tertiary/aromatic N) is 2. The lowest BCUT2D eigenvalue weighted by Crippen LogP contribution is -2.34. The van der Waals surface area contributed by atoms with Crippen molar-refractivity contribution in [3.05, 3.63) is 17.5 Å². The fourth-order valence-electron chi connectivity index (χ4n) is 1.32. The fraction of sp³-hybridized carbons (Fsp3) is 0.556. The molecule has 14 heavy (non-hydrogen) atoms. The Bertz CT molecular complexity index is 333. The Morgan fingerprint density at radius 2 is 2.43 bits per heavy atom. The number of rotatable bonds is 3. The molecule has 0 radical (unpaired) electrons. The van der Waals surface area contributed by atoms with Crippen molar-refractivity contribution in [1.29, 1.82) is 0 Å². The molecule has 0 saturated heterocycles. The van der Waals surface area contributed by atoms with Crippen LogP contribution >= 0.6 is 0 Å². The normalized spacial score (nSPS) is 12.6. The molecule has 0 bridgehead atoms. The van der Waals surface area contributed by atoms with Gasteiger partial charge in [0.05, 0.1) is 12.8 Å². The first-order valence-corrected chi connectivity index (χ1v) is 4.37. The van der Waals surface area contributed by atoms with Gasteiger partial charge in [-0.3, -0.25) is 9.48 Å². The molecule has 0 spiro atoms. The minimum Gasteiger partial charge on any atom is -0.468 e. The van der Waals surface area contributed by atoms with E-state index in [0.717, 1.165) is 11.4 Å². The van der Waals surface area contributed by atoms with Crippen molar-refractivity contribution in [3.8, 4) is 0 Å². The number of carbonyl (C=O) groups excluding carboxylic acids is 1. The molecule has 0 aliphatic heterocycles. The molecule has 0 saturated carbocycles. The Kier molecular flexibility index (Phi) is 3.24. The van der Waals surface area contributed by atoms with Crippen LogP contribution in [0.3, 0.4) is 0 Å². The van der Waals surface area contributed by atoms with Crippen LogP contribution in [0, 0.1) is 6.92 Å². The SMILES string of the molecule is COC(=O)C(N)Cc1cc(C)nn1C. The lowest BCUT2D eigenvalue weighted by molar-refractivity contribution is -0.142. The molecular formula is C9H15N3O2. The van der Waals surface area contributed by atoms with E-state index < -0.39 is 12.0 Å². The first kappa shape index (κ1) is 10.7. The average molecular weight is 197 g/mol. The van der Waals surface area contributed by atoms with Crippen LogP contribution in [0.25, 0.3) is 0 Å². The van der Waals surface area contributed by atoms with Crippen molar-refractivity contribution >= 4 is 5.97 Å². The van der Waals surface area contributed by atoms with Crippen LogP contribution in [0.5, 0.6) is 0 Å². The summed E-state index contributed by atoms with van der Waals surface area (Å²) in [5.74, 6) is -0.399. The number of hydrogen-bond acceptors (Lipinski definition) is 4. The summed E-state index contributed by atoms with van der Waals surface area (Å²) in [6.07, 6.45) is 0.448. The van der Waals surface area contributed by atoms with Gasteiger partial charge in [-0.15, -0.1) is 0 Å². The summed E-state index contributed by atoms with van der Waals surface area (Å²) >= 11 is 0. The molecule has 0 aliphatic rings. The van der Waals surface area contributed by atoms with E-state index in [-0.39, 0.29) is 0 Å². The summed E-state index contributed by atoms with van der Waals surface area (Å²) in [6.45, 7) is 1.90. The van der Waals surface area contributed by atoms with Crippen molar-refractivity contribution in [1.82, 2.24) is 9.78 Å². The van der Waals surface area contributed by atoms with Crippen LogP contribution in [0.15, 0.2) is 6.07 Å². The van der Waals surface area contributed by atoms with E-state index in [1.165, 1.54) is 7.11 Å². The highest BCUT2D eigenvalue weighted by Crippen LogP contribution is 2.04. The standard InChI is InChI=1S/C9H15N3O2/c1-6-4-7(12(2)11-6)5-8(10)9(13)14-3/h4,8H,5,10H2,1-3H3. The van der Waals surface area contributed by atoms with Gasteiger partial charge in [-0.1, -0.05) is 0 Å². The third-order valence-corrected chi connectivity index (χ3v) is 2.03. The van der Waals surface area contributed by atoms with Gasteiger partial charge in [-0.25, -0.2) is 0 Å². The zero-order chi connectivity index (χ0) is 10.7. The molecule has 1 atom stereocenters. The molecule has 1 unspecified atom stereocenters. The number of methoxy groups -OCH3 is 1. The van der Waals surface area contributed by atoms with E-state index in [4.69, 9.17) is 5.73 Å². The molecule has 1 rings (SSSR count). The number of aromatic nitrogens is 2. The largest absolute Gasteiger partial charge is 0.468 e. The Hall–Kier alpha value is -1.36. The van der Waals surface area contributed by atoms with E-state index in [1.54, 1.807) is 4.68 Å². The van der Waals surface area contributed by atoms with E-state index in [0.29, 0.717) is 6.42 Å². The van der Waals surface area contributed by atoms with Gasteiger partial charge in [-0.2, -0.15) is 5.10 Å². The van der Waals surface area contributed by atoms with Gasteiger partial charge in [0.25, 0.3) is 0 Å². The molecule has 5 nitrogen and oxygen atoms in total. The lowest BCUT2D eigenvalue weighted by Gasteiger charge is -2.08. The highest BCUT2D eigenvalue weighted by molar-refractivity contribution is 5.75. The van der Waals surface area contributed by atoms with Gasteiger partial charge in [0.15, 0.2) is 0 Å². The van der Waals surface area contributed by atoms with Crippen molar-refractivity contribution in [2.45, 2.75) is 19.4 Å². The topological polar surface area (TPSA) is 70.1 Å². The lowest BCUT2D eigenvalue weighted by atomic mass is 10.1. The Labute approximate surface area is 82.8 Å². The second kappa shape index (κ2) is 4.23. The summed E-state index contributed by atoms with van der Waals surface area (Å²) in [7, 11) is 3.16. The molecule has 0 amide bonds. The Morgan fingerprint density at radius 1 is 1.79 bits per heavy atom. The predicted molar refractivity (Wildman–Crippen MR) is 51.6 cm³/mol. The highest BCUT2D eigenvalue weighted by Gasteiger charge is 2.16. The molecular weight excluding hydrogens is 182 g/mol. The van der Waals surface area contributed by atoms with Crippen molar-refractivity contribution in [2.24, 2.45) is 12.8 Å². The molecule has 2 N–H and O–H groups in total. The van der Waals surface area contributed by atoms with Crippen LogP contribution in [0.1, 0.15) is 11.4 Å². The molecule has 0 fully saturated rings. The first-order chi connectivity index (χ1) is 6.54. The highest BCUT2D eigenvalue weighted by atomic mass is 16.5. The van der Waals surface area contributed by atoms with Gasteiger partial charge in [0.1, 0.15) is 6.04 Å². The van der Waals surface area contributed by atoms with Crippen LogP contribution in [0.4, 0.5) is 0 Å². The summed E-state index contributed by atoms with van der Waals surface area (Å²) in [6, 6.07) is 1.29. The van der Waals surface area contributed by atoms with E-state index in [9.17, 15) is 4.79 Å². The first-order valence-electron chi connectivity index (χ1n) is 4.37. The van der Waals surface area contributed by atoms with Crippen molar-refractivity contribution < 1.29 is 9.53 Å². The quantitative estimate of drug-likeness (QED) is 0.679. The molecule has 0 aromatic carbocycles. The third-order valence-electron chi connectivity index (χ3n) is 2.03. The fourth-order valence-corrected chi connectivity index (χ4v) is 1.32. The van der Waals surface area contributed by atoms with Gasteiger partial charge in [0.2, 0.25) is 0 Å². The summed E-state index contributed by atoms with van der Waals surface area (Å²) in [4.78, 5) is 11.1. The van der Waals surface area contributed by atoms with Crippen LogP contribution < -0.4 is 5.73 Å². The third kappa shape index (κ3) is 2.32. The van der Waals surface area contributed by atoms with Crippen molar-refractivity contribution in [3.63, 3.8) is 0 Å². The van der Waals surface area contributed by atoms with E-state index >= 15 is 0 Å². The molecule has 78 valence electrons. The number of nitrogens with two attached hydrogens (primary N) is 1. The molecule has 1 heterocycles. The van der Waals surface area contributed by atoms with Crippen LogP contribution in [0.2, 0.25) is 0 Å². The molecule has 0 aliphatic carbocycles.